The standard InChI is InChI=1S/C18H22N2O/c1-18(2,3)14-5-4-6-16(11-14)21-12-15-8-7-13-9-10-19-17(13)20-15/h4-8,11H,9-10,12H2,1-3H3,(H,19,20). The van der Waals surface area contributed by atoms with Crippen LogP contribution in [0.2, 0.25) is 0 Å². The minimum Gasteiger partial charge on any atom is -0.487 e. The number of nitrogens with one attached hydrogen (secondary N) is 1. The van der Waals surface area contributed by atoms with E-state index in [1.165, 1.54) is 11.1 Å². The van der Waals surface area contributed by atoms with Gasteiger partial charge in [-0.1, -0.05) is 39.0 Å². The van der Waals surface area contributed by atoms with Crippen molar-refractivity contribution >= 4 is 5.82 Å². The van der Waals surface area contributed by atoms with Crippen LogP contribution < -0.4 is 10.1 Å². The van der Waals surface area contributed by atoms with E-state index in [1.54, 1.807) is 0 Å². The number of anilines is 1. The first kappa shape index (κ1) is 13.9. The predicted octanol–water partition coefficient (Wildman–Crippen LogP) is 3.93. The molecule has 0 radical (unpaired) electrons. The second-order valence-electron chi connectivity index (χ2n) is 6.55. The summed E-state index contributed by atoms with van der Waals surface area (Å²) in [7, 11) is 0. The fourth-order valence-corrected chi connectivity index (χ4v) is 2.49. The molecular weight excluding hydrogens is 260 g/mol. The zero-order valence-corrected chi connectivity index (χ0v) is 12.9. The summed E-state index contributed by atoms with van der Waals surface area (Å²) in [6, 6.07) is 12.5. The molecule has 1 aliphatic rings. The molecule has 1 aliphatic heterocycles. The lowest BCUT2D eigenvalue weighted by Gasteiger charge is -2.19. The Bertz CT molecular complexity index is 644. The Hall–Kier alpha value is -2.03. The van der Waals surface area contributed by atoms with Gasteiger partial charge in [0, 0.05) is 6.54 Å². The van der Waals surface area contributed by atoms with Gasteiger partial charge in [0.05, 0.1) is 5.69 Å². The first-order chi connectivity index (χ1) is 10.0. The molecule has 0 spiro atoms. The number of ether oxygens (including phenoxy) is 1. The van der Waals surface area contributed by atoms with Gasteiger partial charge in [-0.3, -0.25) is 0 Å². The minimum atomic E-state index is 0.134. The van der Waals surface area contributed by atoms with E-state index in [4.69, 9.17) is 4.74 Å². The molecule has 0 atom stereocenters. The lowest BCUT2D eigenvalue weighted by Crippen LogP contribution is -2.11. The summed E-state index contributed by atoms with van der Waals surface area (Å²) < 4.78 is 5.90. The fourth-order valence-electron chi connectivity index (χ4n) is 2.49. The SMILES string of the molecule is CC(C)(C)c1cccc(OCc2ccc3c(n2)NCC3)c1. The van der Waals surface area contributed by atoms with Crippen LogP contribution in [0.3, 0.4) is 0 Å². The van der Waals surface area contributed by atoms with Gasteiger partial charge in [-0.05, 0) is 41.2 Å². The lowest BCUT2D eigenvalue weighted by atomic mass is 9.87. The van der Waals surface area contributed by atoms with Crippen molar-refractivity contribution in [3.05, 3.63) is 53.2 Å². The zero-order valence-electron chi connectivity index (χ0n) is 12.9. The van der Waals surface area contributed by atoms with Gasteiger partial charge in [0.2, 0.25) is 0 Å². The molecule has 2 heterocycles. The van der Waals surface area contributed by atoms with Gasteiger partial charge in [-0.25, -0.2) is 4.98 Å². The number of hydrogen-bond acceptors (Lipinski definition) is 3. The van der Waals surface area contributed by atoms with E-state index < -0.39 is 0 Å². The topological polar surface area (TPSA) is 34.1 Å². The van der Waals surface area contributed by atoms with Crippen molar-refractivity contribution < 1.29 is 4.74 Å². The van der Waals surface area contributed by atoms with Gasteiger partial charge in [0.25, 0.3) is 0 Å². The van der Waals surface area contributed by atoms with Crippen molar-refractivity contribution in [1.82, 2.24) is 4.98 Å². The summed E-state index contributed by atoms with van der Waals surface area (Å²) in [5.41, 5.74) is 3.68. The minimum absolute atomic E-state index is 0.134. The summed E-state index contributed by atoms with van der Waals surface area (Å²) in [6.07, 6.45) is 1.07. The molecule has 3 rings (SSSR count). The van der Waals surface area contributed by atoms with E-state index in [2.05, 4.69) is 55.3 Å². The molecule has 0 saturated carbocycles. The van der Waals surface area contributed by atoms with Crippen LogP contribution >= 0.6 is 0 Å². The molecular formula is C18H22N2O. The Morgan fingerprint density at radius 2 is 2.05 bits per heavy atom. The molecule has 0 unspecified atom stereocenters. The molecule has 0 bridgehead atoms. The second-order valence-corrected chi connectivity index (χ2v) is 6.55. The maximum absolute atomic E-state index is 5.90. The maximum Gasteiger partial charge on any atom is 0.130 e. The van der Waals surface area contributed by atoms with Gasteiger partial charge in [0.1, 0.15) is 18.2 Å². The van der Waals surface area contributed by atoms with Crippen molar-refractivity contribution in [2.45, 2.75) is 39.2 Å². The van der Waals surface area contributed by atoms with E-state index in [-0.39, 0.29) is 5.41 Å². The van der Waals surface area contributed by atoms with Crippen LogP contribution in [0, 0.1) is 0 Å². The summed E-state index contributed by atoms with van der Waals surface area (Å²) >= 11 is 0. The highest BCUT2D eigenvalue weighted by Crippen LogP contribution is 2.26. The van der Waals surface area contributed by atoms with Crippen LogP contribution in [0.25, 0.3) is 0 Å². The highest BCUT2D eigenvalue weighted by molar-refractivity contribution is 5.49. The number of hydrogen-bond donors (Lipinski definition) is 1. The second kappa shape index (κ2) is 5.40. The van der Waals surface area contributed by atoms with E-state index >= 15 is 0 Å². The highest BCUT2D eigenvalue weighted by Gasteiger charge is 2.14. The zero-order chi connectivity index (χ0) is 14.9. The Balaban J connectivity index is 1.70. The Morgan fingerprint density at radius 1 is 1.19 bits per heavy atom. The third kappa shape index (κ3) is 3.18. The largest absolute Gasteiger partial charge is 0.487 e. The molecule has 3 heteroatoms. The molecule has 3 nitrogen and oxygen atoms in total. The van der Waals surface area contributed by atoms with E-state index in [0.717, 1.165) is 30.2 Å². The molecule has 0 saturated heterocycles. The summed E-state index contributed by atoms with van der Waals surface area (Å²) in [5.74, 6) is 1.91. The van der Waals surface area contributed by atoms with Crippen molar-refractivity contribution in [1.29, 1.82) is 0 Å². The van der Waals surface area contributed by atoms with Crippen molar-refractivity contribution in [2.24, 2.45) is 0 Å². The van der Waals surface area contributed by atoms with Crippen LogP contribution in [0.5, 0.6) is 5.75 Å². The van der Waals surface area contributed by atoms with Gasteiger partial charge in [0.15, 0.2) is 0 Å². The number of aromatic nitrogens is 1. The van der Waals surface area contributed by atoms with Gasteiger partial charge < -0.3 is 10.1 Å². The highest BCUT2D eigenvalue weighted by atomic mass is 16.5. The first-order valence-corrected chi connectivity index (χ1v) is 7.48. The summed E-state index contributed by atoms with van der Waals surface area (Å²) in [4.78, 5) is 4.60. The van der Waals surface area contributed by atoms with E-state index in [1.807, 2.05) is 12.1 Å². The Labute approximate surface area is 126 Å². The summed E-state index contributed by atoms with van der Waals surface area (Å²) in [6.45, 7) is 8.11. The maximum atomic E-state index is 5.90. The first-order valence-electron chi connectivity index (χ1n) is 7.48. The fraction of sp³-hybridized carbons (Fsp3) is 0.389. The molecule has 1 aromatic carbocycles. The smallest absolute Gasteiger partial charge is 0.130 e. The van der Waals surface area contributed by atoms with Crippen LogP contribution in [0.15, 0.2) is 36.4 Å². The van der Waals surface area contributed by atoms with Gasteiger partial charge in [-0.15, -0.1) is 0 Å². The molecule has 1 N–H and O–H groups in total. The van der Waals surface area contributed by atoms with Crippen molar-refractivity contribution in [2.75, 3.05) is 11.9 Å². The molecule has 0 fully saturated rings. The average Bonchev–Trinajstić information content (AvgIpc) is 2.92. The quantitative estimate of drug-likeness (QED) is 0.926. The third-order valence-corrected chi connectivity index (χ3v) is 3.81. The monoisotopic (exact) mass is 282 g/mol. The van der Waals surface area contributed by atoms with E-state index in [0.29, 0.717) is 6.61 Å². The molecule has 110 valence electrons. The van der Waals surface area contributed by atoms with E-state index in [9.17, 15) is 0 Å². The Kier molecular flexibility index (Phi) is 3.58. The number of rotatable bonds is 3. The van der Waals surface area contributed by atoms with Gasteiger partial charge >= 0.3 is 0 Å². The van der Waals surface area contributed by atoms with Crippen molar-refractivity contribution in [3.8, 4) is 5.75 Å². The molecule has 0 aliphatic carbocycles. The third-order valence-electron chi connectivity index (χ3n) is 3.81. The normalized spacial score (nSPS) is 13.7. The number of nitrogens with zero attached hydrogens (tertiary/aromatic N) is 1. The van der Waals surface area contributed by atoms with Crippen LogP contribution in [0.1, 0.15) is 37.6 Å². The van der Waals surface area contributed by atoms with Crippen molar-refractivity contribution in [3.63, 3.8) is 0 Å². The number of pyridine rings is 1. The lowest BCUT2D eigenvalue weighted by molar-refractivity contribution is 0.300. The van der Waals surface area contributed by atoms with Crippen LogP contribution in [-0.2, 0) is 18.4 Å². The molecule has 2 aromatic rings. The molecule has 0 amide bonds. The molecule has 21 heavy (non-hydrogen) atoms. The molecule has 1 aromatic heterocycles. The van der Waals surface area contributed by atoms with Crippen LogP contribution in [-0.4, -0.2) is 11.5 Å². The predicted molar refractivity (Wildman–Crippen MR) is 85.9 cm³/mol. The number of benzene rings is 1. The summed E-state index contributed by atoms with van der Waals surface area (Å²) in [5, 5.41) is 3.30. The Morgan fingerprint density at radius 3 is 2.86 bits per heavy atom. The average molecular weight is 282 g/mol. The van der Waals surface area contributed by atoms with Gasteiger partial charge in [-0.2, -0.15) is 0 Å². The number of fused-ring (bicyclic) bond motifs is 1. The van der Waals surface area contributed by atoms with Crippen LogP contribution in [0.4, 0.5) is 5.82 Å².